The number of alkyl halides is 3. The van der Waals surface area contributed by atoms with Crippen molar-refractivity contribution in [1.29, 1.82) is 0 Å². The van der Waals surface area contributed by atoms with Gasteiger partial charge in [0.25, 0.3) is 0 Å². The van der Waals surface area contributed by atoms with E-state index in [1.807, 2.05) is 30.3 Å². The van der Waals surface area contributed by atoms with Crippen molar-refractivity contribution < 1.29 is 17.9 Å². The van der Waals surface area contributed by atoms with Gasteiger partial charge in [0.2, 0.25) is 5.95 Å². The molecule has 1 N–H and O–H groups in total. The number of methoxy groups -OCH3 is 1. The lowest BCUT2D eigenvalue weighted by Crippen LogP contribution is -2.14. The molecule has 4 nitrogen and oxygen atoms in total. The highest BCUT2D eigenvalue weighted by atomic mass is 19.4. The highest BCUT2D eigenvalue weighted by molar-refractivity contribution is 5.63. The maximum Gasteiger partial charge on any atom is 0.433 e. The third-order valence-corrected chi connectivity index (χ3v) is 3.92. The van der Waals surface area contributed by atoms with Crippen LogP contribution in [-0.4, -0.2) is 23.6 Å². The van der Waals surface area contributed by atoms with Crippen molar-refractivity contribution in [3.8, 4) is 17.0 Å². The first kappa shape index (κ1) is 18.7. The van der Waals surface area contributed by atoms with E-state index in [2.05, 4.69) is 15.3 Å². The molecule has 0 bridgehead atoms. The van der Waals surface area contributed by atoms with Gasteiger partial charge in [0.1, 0.15) is 5.75 Å². The third kappa shape index (κ3) is 4.97. The van der Waals surface area contributed by atoms with Crippen molar-refractivity contribution in [1.82, 2.24) is 9.97 Å². The van der Waals surface area contributed by atoms with Gasteiger partial charge in [0, 0.05) is 12.1 Å². The van der Waals surface area contributed by atoms with Crippen molar-refractivity contribution >= 4 is 5.95 Å². The SMILES string of the molecule is COc1cccc(-c2cc(C(F)(F)F)nc(NCCc3ccccc3)n2)c1. The van der Waals surface area contributed by atoms with Crippen LogP contribution in [0, 0.1) is 0 Å². The Morgan fingerprint density at radius 2 is 1.74 bits per heavy atom. The van der Waals surface area contributed by atoms with E-state index in [1.165, 1.54) is 7.11 Å². The number of hydrogen-bond acceptors (Lipinski definition) is 4. The Kier molecular flexibility index (Phi) is 5.59. The van der Waals surface area contributed by atoms with Crippen molar-refractivity contribution in [2.24, 2.45) is 0 Å². The Hall–Kier alpha value is -3.09. The molecule has 140 valence electrons. The Morgan fingerprint density at radius 1 is 0.963 bits per heavy atom. The molecule has 2 aromatic carbocycles. The first-order valence-electron chi connectivity index (χ1n) is 8.34. The average molecular weight is 373 g/mol. The molecule has 1 heterocycles. The van der Waals surface area contributed by atoms with Crippen LogP contribution in [0.1, 0.15) is 11.3 Å². The first-order chi connectivity index (χ1) is 13.0. The fourth-order valence-corrected chi connectivity index (χ4v) is 2.57. The number of anilines is 1. The second kappa shape index (κ2) is 8.07. The summed E-state index contributed by atoms with van der Waals surface area (Å²) in [5, 5.41) is 2.89. The minimum atomic E-state index is -4.56. The molecule has 0 aliphatic carbocycles. The molecule has 0 aliphatic rings. The lowest BCUT2D eigenvalue weighted by molar-refractivity contribution is -0.141. The molecule has 0 radical (unpaired) electrons. The van der Waals surface area contributed by atoms with Gasteiger partial charge in [-0.05, 0) is 30.2 Å². The van der Waals surface area contributed by atoms with Crippen LogP contribution < -0.4 is 10.1 Å². The molecule has 0 fully saturated rings. The Labute approximate surface area is 155 Å². The van der Waals surface area contributed by atoms with Crippen molar-refractivity contribution in [2.75, 3.05) is 19.0 Å². The van der Waals surface area contributed by atoms with E-state index in [4.69, 9.17) is 4.74 Å². The number of nitrogens with one attached hydrogen (secondary N) is 1. The summed E-state index contributed by atoms with van der Waals surface area (Å²) < 4.78 is 44.9. The van der Waals surface area contributed by atoms with Crippen LogP contribution >= 0.6 is 0 Å². The number of rotatable bonds is 6. The number of hydrogen-bond donors (Lipinski definition) is 1. The zero-order chi connectivity index (χ0) is 19.3. The fraction of sp³-hybridized carbons (Fsp3) is 0.200. The molecule has 0 atom stereocenters. The largest absolute Gasteiger partial charge is 0.497 e. The highest BCUT2D eigenvalue weighted by Gasteiger charge is 2.33. The molecular weight excluding hydrogens is 355 g/mol. The third-order valence-electron chi connectivity index (χ3n) is 3.92. The quantitative estimate of drug-likeness (QED) is 0.673. The monoisotopic (exact) mass is 373 g/mol. The van der Waals surface area contributed by atoms with Gasteiger partial charge in [0.15, 0.2) is 5.69 Å². The van der Waals surface area contributed by atoms with Gasteiger partial charge < -0.3 is 10.1 Å². The Morgan fingerprint density at radius 3 is 2.44 bits per heavy atom. The van der Waals surface area contributed by atoms with E-state index < -0.39 is 11.9 Å². The van der Waals surface area contributed by atoms with E-state index in [-0.39, 0.29) is 11.6 Å². The van der Waals surface area contributed by atoms with Crippen LogP contribution in [0.3, 0.4) is 0 Å². The van der Waals surface area contributed by atoms with Gasteiger partial charge in [-0.15, -0.1) is 0 Å². The summed E-state index contributed by atoms with van der Waals surface area (Å²) in [5.74, 6) is 0.483. The zero-order valence-electron chi connectivity index (χ0n) is 14.6. The average Bonchev–Trinajstić information content (AvgIpc) is 2.68. The molecule has 3 rings (SSSR count). The van der Waals surface area contributed by atoms with Gasteiger partial charge in [-0.1, -0.05) is 42.5 Å². The van der Waals surface area contributed by atoms with Gasteiger partial charge >= 0.3 is 6.18 Å². The molecule has 0 saturated heterocycles. The summed E-state index contributed by atoms with van der Waals surface area (Å²) in [6.07, 6.45) is -3.92. The predicted molar refractivity (Wildman–Crippen MR) is 97.7 cm³/mol. The Balaban J connectivity index is 1.86. The van der Waals surface area contributed by atoms with E-state index in [0.29, 0.717) is 24.3 Å². The number of halogens is 3. The normalized spacial score (nSPS) is 11.3. The number of aromatic nitrogens is 2. The van der Waals surface area contributed by atoms with Gasteiger partial charge in [0.05, 0.1) is 12.8 Å². The second-order valence-electron chi connectivity index (χ2n) is 5.85. The molecule has 7 heteroatoms. The van der Waals surface area contributed by atoms with Gasteiger partial charge in [-0.25, -0.2) is 9.97 Å². The highest BCUT2D eigenvalue weighted by Crippen LogP contribution is 2.31. The summed E-state index contributed by atoms with van der Waals surface area (Å²) >= 11 is 0. The van der Waals surface area contributed by atoms with Crippen LogP contribution in [0.4, 0.5) is 19.1 Å². The molecule has 0 saturated carbocycles. The lowest BCUT2D eigenvalue weighted by Gasteiger charge is -2.12. The second-order valence-corrected chi connectivity index (χ2v) is 5.85. The van der Waals surface area contributed by atoms with Crippen LogP contribution in [-0.2, 0) is 12.6 Å². The van der Waals surface area contributed by atoms with Crippen molar-refractivity contribution in [3.05, 3.63) is 71.9 Å². The summed E-state index contributed by atoms with van der Waals surface area (Å²) in [7, 11) is 1.50. The van der Waals surface area contributed by atoms with Crippen molar-refractivity contribution in [2.45, 2.75) is 12.6 Å². The topological polar surface area (TPSA) is 47.0 Å². The van der Waals surface area contributed by atoms with Crippen molar-refractivity contribution in [3.63, 3.8) is 0 Å². The van der Waals surface area contributed by atoms with Crippen LogP contribution in [0.5, 0.6) is 5.75 Å². The number of benzene rings is 2. The Bertz CT molecular complexity index is 898. The van der Waals surface area contributed by atoms with Crippen LogP contribution in [0.15, 0.2) is 60.7 Å². The number of nitrogens with zero attached hydrogens (tertiary/aromatic N) is 2. The molecule has 0 spiro atoms. The van der Waals surface area contributed by atoms with E-state index >= 15 is 0 Å². The minimum Gasteiger partial charge on any atom is -0.497 e. The van der Waals surface area contributed by atoms with E-state index in [1.54, 1.807) is 24.3 Å². The van der Waals surface area contributed by atoms with Crippen LogP contribution in [0.2, 0.25) is 0 Å². The molecular formula is C20H18F3N3O. The van der Waals surface area contributed by atoms with Gasteiger partial charge in [-0.2, -0.15) is 13.2 Å². The summed E-state index contributed by atoms with van der Waals surface area (Å²) in [4.78, 5) is 7.87. The molecule has 0 amide bonds. The summed E-state index contributed by atoms with van der Waals surface area (Å²) in [5.41, 5.74) is 0.786. The maximum atomic E-state index is 13.3. The molecule has 0 aliphatic heterocycles. The lowest BCUT2D eigenvalue weighted by atomic mass is 10.1. The van der Waals surface area contributed by atoms with Gasteiger partial charge in [-0.3, -0.25) is 0 Å². The minimum absolute atomic E-state index is 0.0569. The molecule has 0 unspecified atom stereocenters. The van der Waals surface area contributed by atoms with E-state index in [9.17, 15) is 13.2 Å². The molecule has 3 aromatic rings. The standard InChI is InChI=1S/C20H18F3N3O/c1-27-16-9-5-8-15(12-16)17-13-18(20(21,22)23)26-19(25-17)24-11-10-14-6-3-2-4-7-14/h2-9,12-13H,10-11H2,1H3,(H,24,25,26). The zero-order valence-corrected chi connectivity index (χ0v) is 14.6. The predicted octanol–water partition coefficient (Wildman–Crippen LogP) is 4.83. The molecule has 1 aromatic heterocycles. The summed E-state index contributed by atoms with van der Waals surface area (Å²) in [6, 6.07) is 17.3. The van der Waals surface area contributed by atoms with Crippen LogP contribution in [0.25, 0.3) is 11.3 Å². The fourth-order valence-electron chi connectivity index (χ4n) is 2.57. The molecule has 27 heavy (non-hydrogen) atoms. The van der Waals surface area contributed by atoms with E-state index in [0.717, 1.165) is 11.6 Å². The maximum absolute atomic E-state index is 13.3. The smallest absolute Gasteiger partial charge is 0.433 e. The number of ether oxygens (including phenoxy) is 1. The summed E-state index contributed by atoms with van der Waals surface area (Å²) in [6.45, 7) is 0.420. The first-order valence-corrected chi connectivity index (χ1v) is 8.34.